The molecule has 1 N–H and O–H groups in total. The molecule has 0 amide bonds. The van der Waals surface area contributed by atoms with Gasteiger partial charge < -0.3 is 5.11 Å². The molecule has 0 unspecified atom stereocenters. The second-order valence-corrected chi connectivity index (χ2v) is 1.78. The second-order valence-electron chi connectivity index (χ2n) is 1.78. The van der Waals surface area contributed by atoms with Crippen molar-refractivity contribution in [1.82, 2.24) is 0 Å². The maximum Gasteiger partial charge on any atom is 0.0431 e. The van der Waals surface area contributed by atoms with Gasteiger partial charge >= 0.3 is 0 Å². The minimum absolute atomic E-state index is 0. The molecule has 0 rings (SSSR count). The smallest absolute Gasteiger partial charge is 0.0431 e. The first-order valence-corrected chi connectivity index (χ1v) is 3.02. The first kappa shape index (κ1) is 11.7. The van der Waals surface area contributed by atoms with Gasteiger partial charge in [0.25, 0.3) is 0 Å². The summed E-state index contributed by atoms with van der Waals surface area (Å²) in [6.45, 7) is 2.53. The molecule has 0 aliphatic rings. The SMILES string of the molecule is CCCCCCO.[Na]. The zero-order chi connectivity index (χ0) is 5.54. The van der Waals surface area contributed by atoms with Gasteiger partial charge in [-0.15, -0.1) is 0 Å². The molecule has 0 atom stereocenters. The number of aliphatic hydroxyl groups excluding tert-OH is 1. The van der Waals surface area contributed by atoms with Gasteiger partial charge in [0.2, 0.25) is 0 Å². The van der Waals surface area contributed by atoms with E-state index in [0.29, 0.717) is 6.61 Å². The summed E-state index contributed by atoms with van der Waals surface area (Å²) in [4.78, 5) is 0. The van der Waals surface area contributed by atoms with Crippen LogP contribution in [0.25, 0.3) is 0 Å². The molecule has 1 nitrogen and oxygen atoms in total. The van der Waals surface area contributed by atoms with Gasteiger partial charge in [0, 0.05) is 36.2 Å². The number of hydrogen-bond donors (Lipinski definition) is 1. The molecule has 0 aromatic carbocycles. The largest absolute Gasteiger partial charge is 0.396 e. The summed E-state index contributed by atoms with van der Waals surface area (Å²) in [6.07, 6.45) is 4.68. The molecular formula is C6H14NaO. The summed E-state index contributed by atoms with van der Waals surface area (Å²) in [5, 5.41) is 8.29. The first-order valence-electron chi connectivity index (χ1n) is 3.02. The molecule has 0 bridgehead atoms. The third kappa shape index (κ3) is 10.0. The second kappa shape index (κ2) is 10.9. The van der Waals surface area contributed by atoms with Crippen molar-refractivity contribution in [3.05, 3.63) is 0 Å². The van der Waals surface area contributed by atoms with E-state index < -0.39 is 0 Å². The minimum Gasteiger partial charge on any atom is -0.396 e. The summed E-state index contributed by atoms with van der Waals surface area (Å²) in [5.74, 6) is 0. The Bertz CT molecular complexity index is 27.7. The molecule has 0 aliphatic carbocycles. The van der Waals surface area contributed by atoms with Crippen LogP contribution in [0.3, 0.4) is 0 Å². The van der Waals surface area contributed by atoms with Crippen LogP contribution in [0, 0.1) is 0 Å². The maximum atomic E-state index is 8.29. The van der Waals surface area contributed by atoms with E-state index in [2.05, 4.69) is 6.92 Å². The van der Waals surface area contributed by atoms with Gasteiger partial charge in [-0.2, -0.15) is 0 Å². The standard InChI is InChI=1S/C6H14O.Na/c1-2-3-4-5-6-7;/h7H,2-6H2,1H3;. The molecule has 0 heterocycles. The normalized spacial score (nSPS) is 8.25. The van der Waals surface area contributed by atoms with Gasteiger partial charge in [0.05, 0.1) is 0 Å². The van der Waals surface area contributed by atoms with Crippen LogP contribution < -0.4 is 0 Å². The fourth-order valence-electron chi connectivity index (χ4n) is 0.539. The Balaban J connectivity index is 0. The van der Waals surface area contributed by atoms with E-state index in [1.807, 2.05) is 0 Å². The Morgan fingerprint density at radius 2 is 1.75 bits per heavy atom. The van der Waals surface area contributed by atoms with Crippen molar-refractivity contribution in [3.63, 3.8) is 0 Å². The summed E-state index contributed by atoms with van der Waals surface area (Å²) in [6, 6.07) is 0. The molecule has 0 saturated carbocycles. The van der Waals surface area contributed by atoms with E-state index in [1.54, 1.807) is 0 Å². The van der Waals surface area contributed by atoms with Crippen molar-refractivity contribution in [3.8, 4) is 0 Å². The van der Waals surface area contributed by atoms with Gasteiger partial charge in [-0.1, -0.05) is 26.2 Å². The van der Waals surface area contributed by atoms with E-state index >= 15 is 0 Å². The average molecular weight is 125 g/mol. The monoisotopic (exact) mass is 125 g/mol. The topological polar surface area (TPSA) is 20.2 Å². The molecule has 45 valence electrons. The number of rotatable bonds is 4. The zero-order valence-electron chi connectivity index (χ0n) is 5.98. The molecule has 0 saturated heterocycles. The minimum atomic E-state index is 0. The molecule has 0 fully saturated rings. The van der Waals surface area contributed by atoms with E-state index in [9.17, 15) is 0 Å². The van der Waals surface area contributed by atoms with Crippen molar-refractivity contribution in [2.24, 2.45) is 0 Å². The maximum absolute atomic E-state index is 8.29. The summed E-state index contributed by atoms with van der Waals surface area (Å²) in [7, 11) is 0. The van der Waals surface area contributed by atoms with Gasteiger partial charge in [-0.25, -0.2) is 0 Å². The molecule has 0 aromatic heterocycles. The van der Waals surface area contributed by atoms with Gasteiger partial charge in [0.1, 0.15) is 0 Å². The van der Waals surface area contributed by atoms with Crippen molar-refractivity contribution >= 4 is 29.6 Å². The van der Waals surface area contributed by atoms with Crippen molar-refractivity contribution in [2.75, 3.05) is 6.61 Å². The third-order valence-corrected chi connectivity index (χ3v) is 1.01. The summed E-state index contributed by atoms with van der Waals surface area (Å²) in [5.41, 5.74) is 0. The average Bonchev–Trinajstić information content (AvgIpc) is 1.69. The Labute approximate surface area is 73.8 Å². The van der Waals surface area contributed by atoms with Crippen LogP contribution in [-0.4, -0.2) is 41.3 Å². The van der Waals surface area contributed by atoms with Crippen LogP contribution in [0.2, 0.25) is 0 Å². The Morgan fingerprint density at radius 1 is 1.12 bits per heavy atom. The Kier molecular flexibility index (Phi) is 15.9. The fraction of sp³-hybridized carbons (Fsp3) is 1.00. The Hall–Kier alpha value is 0.960. The number of hydrogen-bond acceptors (Lipinski definition) is 1. The molecule has 0 spiro atoms. The van der Waals surface area contributed by atoms with Crippen molar-refractivity contribution < 1.29 is 5.11 Å². The van der Waals surface area contributed by atoms with E-state index in [0.717, 1.165) is 6.42 Å². The predicted octanol–water partition coefficient (Wildman–Crippen LogP) is 1.18. The van der Waals surface area contributed by atoms with Gasteiger partial charge in [-0.05, 0) is 6.42 Å². The molecule has 8 heavy (non-hydrogen) atoms. The van der Waals surface area contributed by atoms with Crippen LogP contribution in [0.15, 0.2) is 0 Å². The predicted molar refractivity (Wildman–Crippen MR) is 37.0 cm³/mol. The van der Waals surface area contributed by atoms with Crippen LogP contribution >= 0.6 is 0 Å². The summed E-state index contributed by atoms with van der Waals surface area (Å²) >= 11 is 0. The van der Waals surface area contributed by atoms with Gasteiger partial charge in [-0.3, -0.25) is 0 Å². The van der Waals surface area contributed by atoms with Crippen molar-refractivity contribution in [2.45, 2.75) is 32.6 Å². The molecular weight excluding hydrogens is 111 g/mol. The third-order valence-electron chi connectivity index (χ3n) is 1.01. The van der Waals surface area contributed by atoms with E-state index in [4.69, 9.17) is 5.11 Å². The summed E-state index contributed by atoms with van der Waals surface area (Å²) < 4.78 is 0. The fourth-order valence-corrected chi connectivity index (χ4v) is 0.539. The van der Waals surface area contributed by atoms with Crippen LogP contribution in [-0.2, 0) is 0 Å². The van der Waals surface area contributed by atoms with E-state index in [1.165, 1.54) is 19.3 Å². The van der Waals surface area contributed by atoms with Crippen molar-refractivity contribution in [1.29, 1.82) is 0 Å². The van der Waals surface area contributed by atoms with Crippen LogP contribution in [0.5, 0.6) is 0 Å². The molecule has 1 radical (unpaired) electrons. The zero-order valence-corrected chi connectivity index (χ0v) is 7.98. The first-order chi connectivity index (χ1) is 3.41. The quantitative estimate of drug-likeness (QED) is 0.442. The van der Waals surface area contributed by atoms with Crippen LogP contribution in [0.1, 0.15) is 32.6 Å². The molecule has 0 aliphatic heterocycles. The van der Waals surface area contributed by atoms with E-state index in [-0.39, 0.29) is 29.6 Å². The van der Waals surface area contributed by atoms with Gasteiger partial charge in [0.15, 0.2) is 0 Å². The van der Waals surface area contributed by atoms with Crippen LogP contribution in [0.4, 0.5) is 0 Å². The number of unbranched alkanes of at least 4 members (excludes halogenated alkanes) is 3. The number of aliphatic hydroxyl groups is 1. The molecule has 2 heteroatoms. The Morgan fingerprint density at radius 3 is 2.12 bits per heavy atom. The molecule has 0 aromatic rings.